The Morgan fingerprint density at radius 2 is 1.62 bits per heavy atom. The summed E-state index contributed by atoms with van der Waals surface area (Å²) < 4.78 is 40.5. The number of alkyl halides is 3. The third-order valence-electron chi connectivity index (χ3n) is 3.26. The summed E-state index contributed by atoms with van der Waals surface area (Å²) in [5.74, 6) is -0.111. The van der Waals surface area contributed by atoms with Gasteiger partial charge in [0.2, 0.25) is 5.91 Å². The van der Waals surface area contributed by atoms with Crippen LogP contribution in [0.15, 0.2) is 54.6 Å². The number of halogens is 3. The molecule has 0 saturated heterocycles. The molecule has 0 fully saturated rings. The maximum absolute atomic E-state index is 12.0. The van der Waals surface area contributed by atoms with Crippen molar-refractivity contribution in [3.63, 3.8) is 0 Å². The van der Waals surface area contributed by atoms with Crippen molar-refractivity contribution < 1.29 is 22.7 Å². The van der Waals surface area contributed by atoms with Crippen molar-refractivity contribution in [2.45, 2.75) is 25.6 Å². The summed E-state index contributed by atoms with van der Waals surface area (Å²) in [6.07, 6.45) is -3.32. The fourth-order valence-corrected chi connectivity index (χ4v) is 2.09. The molecule has 3 nitrogen and oxygen atoms in total. The maximum Gasteiger partial charge on any atom is 0.411 e. The highest BCUT2D eigenvalue weighted by Crippen LogP contribution is 2.16. The lowest BCUT2D eigenvalue weighted by Crippen LogP contribution is -2.16. The lowest BCUT2D eigenvalue weighted by Gasteiger charge is -2.09. The van der Waals surface area contributed by atoms with Crippen molar-refractivity contribution in [1.29, 1.82) is 0 Å². The van der Waals surface area contributed by atoms with Gasteiger partial charge in [0, 0.05) is 12.1 Å². The highest BCUT2D eigenvalue weighted by atomic mass is 19.4. The second kappa shape index (κ2) is 8.49. The number of hydrogen-bond acceptors (Lipinski definition) is 2. The number of hydrogen-bond donors (Lipinski definition) is 1. The van der Waals surface area contributed by atoms with Crippen molar-refractivity contribution in [2.75, 3.05) is 11.9 Å². The lowest BCUT2D eigenvalue weighted by molar-refractivity contribution is -0.176. The van der Waals surface area contributed by atoms with Crippen LogP contribution in [0.25, 0.3) is 0 Å². The Balaban J connectivity index is 1.75. The van der Waals surface area contributed by atoms with Crippen molar-refractivity contribution in [1.82, 2.24) is 0 Å². The molecule has 0 unspecified atom stereocenters. The molecule has 0 radical (unpaired) electrons. The zero-order valence-corrected chi connectivity index (χ0v) is 13.0. The molecule has 0 atom stereocenters. The fraction of sp³-hybridized carbons (Fsp3) is 0.278. The van der Waals surface area contributed by atoms with Gasteiger partial charge in [-0.05, 0) is 29.7 Å². The van der Waals surface area contributed by atoms with E-state index in [0.29, 0.717) is 24.1 Å². The second-order valence-corrected chi connectivity index (χ2v) is 5.34. The Labute approximate surface area is 138 Å². The molecule has 0 aliphatic heterocycles. The molecule has 0 aliphatic rings. The van der Waals surface area contributed by atoms with Crippen LogP contribution in [-0.4, -0.2) is 18.7 Å². The Hall–Kier alpha value is -2.34. The van der Waals surface area contributed by atoms with Crippen LogP contribution in [0.2, 0.25) is 0 Å². The third-order valence-corrected chi connectivity index (χ3v) is 3.26. The molecule has 0 aromatic heterocycles. The van der Waals surface area contributed by atoms with E-state index in [9.17, 15) is 18.0 Å². The smallest absolute Gasteiger partial charge is 0.367 e. The highest BCUT2D eigenvalue weighted by Gasteiger charge is 2.27. The van der Waals surface area contributed by atoms with E-state index in [1.165, 1.54) is 0 Å². The Bertz CT molecular complexity index is 640. The van der Waals surface area contributed by atoms with Gasteiger partial charge < -0.3 is 10.1 Å². The van der Waals surface area contributed by atoms with Gasteiger partial charge in [-0.25, -0.2) is 0 Å². The number of rotatable bonds is 7. The molecule has 2 aromatic rings. The van der Waals surface area contributed by atoms with Gasteiger partial charge in [0.15, 0.2) is 0 Å². The van der Waals surface area contributed by atoms with Gasteiger partial charge in [0.05, 0.1) is 6.61 Å². The molecule has 0 bridgehead atoms. The van der Waals surface area contributed by atoms with Crippen LogP contribution in [0, 0.1) is 0 Å². The Kier molecular flexibility index (Phi) is 6.37. The summed E-state index contributed by atoms with van der Waals surface area (Å²) in [4.78, 5) is 11.9. The summed E-state index contributed by atoms with van der Waals surface area (Å²) in [6, 6.07) is 16.2. The molecular formula is C18H18F3NO2. The molecule has 2 aromatic carbocycles. The van der Waals surface area contributed by atoms with Gasteiger partial charge in [-0.1, -0.05) is 42.5 Å². The molecule has 0 aliphatic carbocycles. The van der Waals surface area contributed by atoms with E-state index in [4.69, 9.17) is 0 Å². The number of ether oxygens (including phenoxy) is 1. The van der Waals surface area contributed by atoms with E-state index in [1.54, 1.807) is 24.3 Å². The van der Waals surface area contributed by atoms with E-state index in [0.717, 1.165) is 5.56 Å². The largest absolute Gasteiger partial charge is 0.411 e. The van der Waals surface area contributed by atoms with Crippen molar-refractivity contribution in [2.24, 2.45) is 0 Å². The highest BCUT2D eigenvalue weighted by molar-refractivity contribution is 5.90. The Morgan fingerprint density at radius 3 is 2.25 bits per heavy atom. The van der Waals surface area contributed by atoms with Crippen molar-refractivity contribution in [3.8, 4) is 0 Å². The van der Waals surface area contributed by atoms with E-state index in [2.05, 4.69) is 10.1 Å². The van der Waals surface area contributed by atoms with Gasteiger partial charge in [-0.15, -0.1) is 0 Å². The molecule has 2 rings (SSSR count). The number of carbonyl (C=O) groups is 1. The quantitative estimate of drug-likeness (QED) is 0.816. The molecule has 24 heavy (non-hydrogen) atoms. The molecule has 0 heterocycles. The molecular weight excluding hydrogens is 319 g/mol. The molecule has 0 saturated carbocycles. The minimum Gasteiger partial charge on any atom is -0.367 e. The predicted molar refractivity (Wildman–Crippen MR) is 85.5 cm³/mol. The minimum atomic E-state index is -4.33. The maximum atomic E-state index is 12.0. The fourth-order valence-electron chi connectivity index (χ4n) is 2.09. The van der Waals surface area contributed by atoms with E-state index in [1.807, 2.05) is 30.3 Å². The number of anilines is 1. The van der Waals surface area contributed by atoms with Gasteiger partial charge in [-0.3, -0.25) is 4.79 Å². The normalized spacial score (nSPS) is 11.3. The molecule has 1 amide bonds. The van der Waals surface area contributed by atoms with E-state index < -0.39 is 12.8 Å². The molecule has 6 heteroatoms. The summed E-state index contributed by atoms with van der Waals surface area (Å²) in [5.41, 5.74) is 2.30. The first kappa shape index (κ1) is 18.0. The van der Waals surface area contributed by atoms with Gasteiger partial charge in [0.1, 0.15) is 6.61 Å². The standard InChI is InChI=1S/C18H18F3NO2/c19-18(20,21)13-24-12-15-6-9-16(10-7-15)22-17(23)11-8-14-4-2-1-3-5-14/h1-7,9-10H,8,11-13H2,(H,22,23). The van der Waals surface area contributed by atoms with Crippen LogP contribution in [0.3, 0.4) is 0 Å². The Morgan fingerprint density at radius 1 is 0.958 bits per heavy atom. The van der Waals surface area contributed by atoms with Gasteiger partial charge in [-0.2, -0.15) is 13.2 Å². The first-order valence-electron chi connectivity index (χ1n) is 7.49. The van der Waals surface area contributed by atoms with Gasteiger partial charge in [0.25, 0.3) is 0 Å². The zero-order chi connectivity index (χ0) is 17.4. The first-order valence-corrected chi connectivity index (χ1v) is 7.49. The van der Waals surface area contributed by atoms with Crippen molar-refractivity contribution >= 4 is 11.6 Å². The van der Waals surface area contributed by atoms with Crippen LogP contribution < -0.4 is 5.32 Å². The van der Waals surface area contributed by atoms with E-state index in [-0.39, 0.29) is 12.5 Å². The van der Waals surface area contributed by atoms with Crippen LogP contribution in [0.1, 0.15) is 17.5 Å². The average Bonchev–Trinajstić information content (AvgIpc) is 2.54. The molecule has 128 valence electrons. The number of carbonyl (C=O) groups excluding carboxylic acids is 1. The summed E-state index contributed by atoms with van der Waals surface area (Å²) in [5, 5.41) is 2.76. The summed E-state index contributed by atoms with van der Waals surface area (Å²) in [6.45, 7) is -1.40. The monoisotopic (exact) mass is 337 g/mol. The average molecular weight is 337 g/mol. The minimum absolute atomic E-state index is 0.111. The second-order valence-electron chi connectivity index (χ2n) is 5.34. The van der Waals surface area contributed by atoms with Crippen LogP contribution in [-0.2, 0) is 22.6 Å². The number of aryl methyl sites for hydroxylation is 1. The topological polar surface area (TPSA) is 38.3 Å². The van der Waals surface area contributed by atoms with E-state index >= 15 is 0 Å². The predicted octanol–water partition coefficient (Wildman–Crippen LogP) is 4.34. The number of nitrogens with one attached hydrogen (secondary N) is 1. The van der Waals surface area contributed by atoms with Gasteiger partial charge >= 0.3 is 6.18 Å². The lowest BCUT2D eigenvalue weighted by atomic mass is 10.1. The summed E-state index contributed by atoms with van der Waals surface area (Å²) >= 11 is 0. The first-order chi connectivity index (χ1) is 11.4. The number of benzene rings is 2. The van der Waals surface area contributed by atoms with Crippen LogP contribution in [0.5, 0.6) is 0 Å². The number of amides is 1. The van der Waals surface area contributed by atoms with Crippen molar-refractivity contribution in [3.05, 3.63) is 65.7 Å². The molecule has 0 spiro atoms. The summed E-state index contributed by atoms with van der Waals surface area (Å²) in [7, 11) is 0. The van der Waals surface area contributed by atoms with Crippen LogP contribution in [0.4, 0.5) is 18.9 Å². The SMILES string of the molecule is O=C(CCc1ccccc1)Nc1ccc(COCC(F)(F)F)cc1. The zero-order valence-electron chi connectivity index (χ0n) is 13.0. The third kappa shape index (κ3) is 6.83. The molecule has 1 N–H and O–H groups in total. The van der Waals surface area contributed by atoms with Crippen LogP contribution >= 0.6 is 0 Å².